The Labute approximate surface area is 177 Å². The van der Waals surface area contributed by atoms with Crippen LogP contribution in [0.2, 0.25) is 5.02 Å². The molecule has 7 heteroatoms. The number of rotatable bonds is 8. The molecule has 1 aliphatic heterocycles. The Bertz CT molecular complexity index is 823. The number of halogens is 1. The molecule has 2 N–H and O–H groups in total. The Morgan fingerprint density at radius 2 is 1.76 bits per heavy atom. The number of benzene rings is 2. The second-order valence-electron chi connectivity index (χ2n) is 6.94. The number of carbonyl (C=O) groups is 1. The predicted octanol–water partition coefficient (Wildman–Crippen LogP) is 2.48. The zero-order chi connectivity index (χ0) is 20.6. The zero-order valence-corrected chi connectivity index (χ0v) is 17.8. The topological polar surface area (TPSA) is 55.2 Å². The summed E-state index contributed by atoms with van der Waals surface area (Å²) < 4.78 is 11.2. The summed E-state index contributed by atoms with van der Waals surface area (Å²) in [5, 5.41) is 3.75. The minimum absolute atomic E-state index is 0.00204. The van der Waals surface area contributed by atoms with Crippen molar-refractivity contribution in [2.45, 2.75) is 13.8 Å². The Balaban J connectivity index is 1.52. The van der Waals surface area contributed by atoms with Gasteiger partial charge in [-0.2, -0.15) is 0 Å². The number of piperazine rings is 1. The number of ether oxygens (including phenoxy) is 2. The number of nitrogens with one attached hydrogen (secondary N) is 2. The Morgan fingerprint density at radius 3 is 2.45 bits per heavy atom. The van der Waals surface area contributed by atoms with Crippen LogP contribution in [0.15, 0.2) is 42.5 Å². The molecule has 3 rings (SSSR count). The minimum Gasteiger partial charge on any atom is -0.490 e. The molecule has 1 saturated heterocycles. The number of anilines is 2. The third kappa shape index (κ3) is 5.78. The van der Waals surface area contributed by atoms with Gasteiger partial charge in [0.1, 0.15) is 0 Å². The van der Waals surface area contributed by atoms with Gasteiger partial charge in [-0.05, 0) is 38.1 Å². The first-order valence-electron chi connectivity index (χ1n) is 10.1. The maximum atomic E-state index is 12.5. The molecule has 0 aliphatic carbocycles. The molecule has 0 saturated carbocycles. The molecule has 2 aromatic carbocycles. The molecule has 0 bridgehead atoms. The van der Waals surface area contributed by atoms with E-state index in [0.29, 0.717) is 31.3 Å². The summed E-state index contributed by atoms with van der Waals surface area (Å²) in [4.78, 5) is 16.1. The van der Waals surface area contributed by atoms with E-state index in [1.165, 1.54) is 4.90 Å². The maximum Gasteiger partial charge on any atom is 0.279 e. The van der Waals surface area contributed by atoms with Gasteiger partial charge >= 0.3 is 0 Å². The standard InChI is InChI=1S/C22H28ClN3O3/c1-3-28-20-10-9-17(15-21(20)29-4-2)24-22(27)16-25-11-13-26(14-12-25)19-8-6-5-7-18(19)23/h5-10,15H,3-4,11-14,16H2,1-2H3,(H,24,27)/p+1. The van der Waals surface area contributed by atoms with Crippen molar-refractivity contribution in [1.82, 2.24) is 0 Å². The third-order valence-corrected chi connectivity index (χ3v) is 5.22. The zero-order valence-electron chi connectivity index (χ0n) is 17.0. The highest BCUT2D eigenvalue weighted by Gasteiger charge is 2.23. The van der Waals surface area contributed by atoms with Gasteiger partial charge in [-0.15, -0.1) is 0 Å². The van der Waals surface area contributed by atoms with E-state index < -0.39 is 0 Å². The van der Waals surface area contributed by atoms with Gasteiger partial charge in [0.25, 0.3) is 5.91 Å². The number of carbonyl (C=O) groups excluding carboxylic acids is 1. The number of hydrogen-bond donors (Lipinski definition) is 2. The maximum absolute atomic E-state index is 12.5. The molecule has 0 atom stereocenters. The van der Waals surface area contributed by atoms with Gasteiger partial charge in [-0.1, -0.05) is 23.7 Å². The van der Waals surface area contributed by atoms with Crippen LogP contribution in [0.5, 0.6) is 11.5 Å². The van der Waals surface area contributed by atoms with E-state index in [0.717, 1.165) is 42.6 Å². The number of nitrogens with zero attached hydrogens (tertiary/aromatic N) is 1. The molecule has 29 heavy (non-hydrogen) atoms. The van der Waals surface area contributed by atoms with E-state index in [2.05, 4.69) is 10.2 Å². The molecule has 1 amide bonds. The van der Waals surface area contributed by atoms with Crippen LogP contribution in [-0.4, -0.2) is 51.8 Å². The SMILES string of the molecule is CCOc1ccc(NC(=O)C[NH+]2CCN(c3ccccc3Cl)CC2)cc1OCC. The Kier molecular flexibility index (Phi) is 7.61. The van der Waals surface area contributed by atoms with Crippen molar-refractivity contribution in [3.8, 4) is 11.5 Å². The van der Waals surface area contributed by atoms with Crippen LogP contribution >= 0.6 is 11.6 Å². The molecule has 0 unspecified atom stereocenters. The summed E-state index contributed by atoms with van der Waals surface area (Å²) in [6.07, 6.45) is 0. The van der Waals surface area contributed by atoms with Crippen LogP contribution in [0.1, 0.15) is 13.8 Å². The fourth-order valence-corrected chi connectivity index (χ4v) is 3.77. The van der Waals surface area contributed by atoms with Gasteiger partial charge in [0.15, 0.2) is 18.0 Å². The molecule has 1 heterocycles. The quantitative estimate of drug-likeness (QED) is 0.691. The van der Waals surface area contributed by atoms with Crippen molar-refractivity contribution in [2.24, 2.45) is 0 Å². The van der Waals surface area contributed by atoms with E-state index in [-0.39, 0.29) is 5.91 Å². The van der Waals surface area contributed by atoms with Crippen molar-refractivity contribution in [2.75, 3.05) is 56.2 Å². The van der Waals surface area contributed by atoms with Gasteiger partial charge in [0.2, 0.25) is 0 Å². The Morgan fingerprint density at radius 1 is 1.07 bits per heavy atom. The summed E-state index contributed by atoms with van der Waals surface area (Å²) >= 11 is 6.30. The fourth-order valence-electron chi connectivity index (χ4n) is 3.51. The molecule has 0 spiro atoms. The summed E-state index contributed by atoms with van der Waals surface area (Å²) in [7, 11) is 0. The lowest BCUT2D eigenvalue weighted by Crippen LogP contribution is -3.15. The molecule has 6 nitrogen and oxygen atoms in total. The summed E-state index contributed by atoms with van der Waals surface area (Å²) in [6, 6.07) is 13.4. The van der Waals surface area contributed by atoms with Crippen LogP contribution in [0.4, 0.5) is 11.4 Å². The molecule has 0 aromatic heterocycles. The van der Waals surface area contributed by atoms with Crippen molar-refractivity contribution in [3.63, 3.8) is 0 Å². The monoisotopic (exact) mass is 418 g/mol. The van der Waals surface area contributed by atoms with Gasteiger partial charge in [-0.3, -0.25) is 4.79 Å². The lowest BCUT2D eigenvalue weighted by Gasteiger charge is -2.33. The number of quaternary nitrogens is 1. The highest BCUT2D eigenvalue weighted by molar-refractivity contribution is 6.33. The van der Waals surface area contributed by atoms with Crippen LogP contribution in [-0.2, 0) is 4.79 Å². The van der Waals surface area contributed by atoms with Crippen LogP contribution < -0.4 is 24.6 Å². The predicted molar refractivity (Wildman–Crippen MR) is 117 cm³/mol. The number of amides is 1. The fraction of sp³-hybridized carbons (Fsp3) is 0.409. The van der Waals surface area contributed by atoms with Gasteiger partial charge in [-0.25, -0.2) is 0 Å². The number of hydrogen-bond acceptors (Lipinski definition) is 4. The minimum atomic E-state index is -0.00204. The van der Waals surface area contributed by atoms with Crippen LogP contribution in [0.25, 0.3) is 0 Å². The van der Waals surface area contributed by atoms with E-state index in [1.807, 2.05) is 56.3 Å². The Hall–Kier alpha value is -2.44. The van der Waals surface area contributed by atoms with Gasteiger partial charge < -0.3 is 24.6 Å². The van der Waals surface area contributed by atoms with Gasteiger partial charge in [0.05, 0.1) is 50.1 Å². The van der Waals surface area contributed by atoms with Crippen molar-refractivity contribution in [1.29, 1.82) is 0 Å². The third-order valence-electron chi connectivity index (χ3n) is 4.90. The van der Waals surface area contributed by atoms with Crippen molar-refractivity contribution < 1.29 is 19.2 Å². The van der Waals surface area contributed by atoms with E-state index in [9.17, 15) is 4.79 Å². The summed E-state index contributed by atoms with van der Waals surface area (Å²) in [5.41, 5.74) is 1.78. The number of para-hydroxylation sites is 1. The molecular weight excluding hydrogens is 390 g/mol. The van der Waals surface area contributed by atoms with Crippen LogP contribution in [0.3, 0.4) is 0 Å². The lowest BCUT2D eigenvalue weighted by atomic mass is 10.2. The first-order valence-corrected chi connectivity index (χ1v) is 10.5. The molecule has 1 fully saturated rings. The molecule has 2 aromatic rings. The normalized spacial score (nSPS) is 14.5. The van der Waals surface area contributed by atoms with E-state index in [1.54, 1.807) is 0 Å². The highest BCUT2D eigenvalue weighted by Crippen LogP contribution is 2.30. The van der Waals surface area contributed by atoms with E-state index >= 15 is 0 Å². The molecule has 0 radical (unpaired) electrons. The average Bonchev–Trinajstić information content (AvgIpc) is 2.71. The average molecular weight is 419 g/mol. The first-order chi connectivity index (χ1) is 14.1. The second kappa shape index (κ2) is 10.4. The smallest absolute Gasteiger partial charge is 0.279 e. The summed E-state index contributed by atoms with van der Waals surface area (Å²) in [6.45, 7) is 8.94. The molecule has 156 valence electrons. The van der Waals surface area contributed by atoms with Crippen molar-refractivity contribution in [3.05, 3.63) is 47.5 Å². The van der Waals surface area contributed by atoms with Crippen molar-refractivity contribution >= 4 is 28.9 Å². The molecule has 1 aliphatic rings. The molecular formula is C22H29ClN3O3+. The van der Waals surface area contributed by atoms with E-state index in [4.69, 9.17) is 21.1 Å². The summed E-state index contributed by atoms with van der Waals surface area (Å²) in [5.74, 6) is 1.33. The largest absolute Gasteiger partial charge is 0.490 e. The first kappa shape index (κ1) is 21.3. The van der Waals surface area contributed by atoms with Crippen LogP contribution in [0, 0.1) is 0 Å². The second-order valence-corrected chi connectivity index (χ2v) is 7.35. The highest BCUT2D eigenvalue weighted by atomic mass is 35.5. The van der Waals surface area contributed by atoms with Gasteiger partial charge in [0, 0.05) is 11.8 Å². The lowest BCUT2D eigenvalue weighted by molar-refractivity contribution is -0.892.